The summed E-state index contributed by atoms with van der Waals surface area (Å²) in [4.78, 5) is 3.80. The van der Waals surface area contributed by atoms with E-state index in [9.17, 15) is 10.5 Å². The monoisotopic (exact) mass is 635 g/mol. The Bertz CT molecular complexity index is 2850. The Kier molecular flexibility index (Phi) is 6.56. The van der Waals surface area contributed by atoms with Crippen LogP contribution in [-0.4, -0.2) is 9.13 Å². The van der Waals surface area contributed by atoms with Crippen LogP contribution in [-0.2, 0) is 0 Å². The molecule has 2 aromatic heterocycles. The standard InChI is InChI=1S/C45H25N5/c1-48-34-18-19-36(45(26-34)50-41-14-4-2-12-37(41)38-13-3-5-15-42(38)50)33-10-6-8-31(24-33)32-9-7-11-35(25-32)49-43-20-16-29(27-46)22-39(43)40-23-30(28-47)17-21-44(40)49/h2-26H. The molecule has 0 spiro atoms. The maximum atomic E-state index is 9.63. The van der Waals surface area contributed by atoms with Gasteiger partial charge in [-0.05, 0) is 89.5 Å². The van der Waals surface area contributed by atoms with E-state index < -0.39 is 0 Å². The Labute approximate surface area is 288 Å². The van der Waals surface area contributed by atoms with E-state index in [0.717, 1.165) is 66.5 Å². The molecule has 0 aliphatic carbocycles. The first-order chi connectivity index (χ1) is 24.6. The molecule has 0 amide bonds. The lowest BCUT2D eigenvalue weighted by molar-refractivity contribution is 1.18. The van der Waals surface area contributed by atoms with Gasteiger partial charge in [0, 0.05) is 38.5 Å². The maximum absolute atomic E-state index is 9.63. The molecule has 2 heterocycles. The Morgan fingerprint density at radius 3 is 1.64 bits per heavy atom. The molecule has 0 aliphatic rings. The molecule has 5 heteroatoms. The second-order valence-electron chi connectivity index (χ2n) is 12.3. The van der Waals surface area contributed by atoms with Crippen molar-refractivity contribution in [3.63, 3.8) is 0 Å². The van der Waals surface area contributed by atoms with Gasteiger partial charge in [-0.3, -0.25) is 0 Å². The molecule has 0 saturated carbocycles. The van der Waals surface area contributed by atoms with E-state index in [1.807, 2.05) is 48.5 Å². The molecule has 0 atom stereocenters. The van der Waals surface area contributed by atoms with Gasteiger partial charge in [0.15, 0.2) is 5.69 Å². The summed E-state index contributed by atoms with van der Waals surface area (Å²) >= 11 is 0. The lowest BCUT2D eigenvalue weighted by atomic mass is 9.97. The van der Waals surface area contributed by atoms with E-state index in [4.69, 9.17) is 6.57 Å². The molecule has 9 aromatic rings. The zero-order chi connectivity index (χ0) is 33.8. The summed E-state index contributed by atoms with van der Waals surface area (Å²) in [7, 11) is 0. The van der Waals surface area contributed by atoms with E-state index in [0.29, 0.717) is 16.8 Å². The van der Waals surface area contributed by atoms with Gasteiger partial charge in [0.25, 0.3) is 0 Å². The quantitative estimate of drug-likeness (QED) is 0.181. The van der Waals surface area contributed by atoms with E-state index >= 15 is 0 Å². The van der Waals surface area contributed by atoms with Crippen LogP contribution in [0.15, 0.2) is 152 Å². The van der Waals surface area contributed by atoms with Crippen LogP contribution in [0.25, 0.3) is 82.1 Å². The van der Waals surface area contributed by atoms with Crippen molar-refractivity contribution in [1.29, 1.82) is 10.5 Å². The van der Waals surface area contributed by atoms with Crippen LogP contribution in [0.3, 0.4) is 0 Å². The van der Waals surface area contributed by atoms with E-state index in [-0.39, 0.29) is 0 Å². The molecule has 0 unspecified atom stereocenters. The molecule has 0 fully saturated rings. The minimum atomic E-state index is 0.578. The molecule has 7 aromatic carbocycles. The van der Waals surface area contributed by atoms with Crippen LogP contribution in [0.1, 0.15) is 11.1 Å². The van der Waals surface area contributed by atoms with Crippen molar-refractivity contribution in [2.45, 2.75) is 0 Å². The maximum Gasteiger partial charge on any atom is 0.189 e. The van der Waals surface area contributed by atoms with Crippen molar-refractivity contribution >= 4 is 49.3 Å². The van der Waals surface area contributed by atoms with Crippen molar-refractivity contribution in [3.05, 3.63) is 174 Å². The molecule has 0 aliphatic heterocycles. The Morgan fingerprint density at radius 1 is 0.460 bits per heavy atom. The number of benzene rings is 7. The van der Waals surface area contributed by atoms with Crippen LogP contribution in [0.5, 0.6) is 0 Å². The fourth-order valence-corrected chi connectivity index (χ4v) is 7.33. The summed E-state index contributed by atoms with van der Waals surface area (Å²) in [5.74, 6) is 0. The largest absolute Gasteiger partial charge is 0.310 e. The Hall–Kier alpha value is -7.39. The van der Waals surface area contributed by atoms with Crippen molar-refractivity contribution < 1.29 is 0 Å². The summed E-state index contributed by atoms with van der Waals surface area (Å²) in [5.41, 5.74) is 12.0. The fraction of sp³-hybridized carbons (Fsp3) is 0. The average Bonchev–Trinajstić information content (AvgIpc) is 3.69. The number of nitriles is 2. The van der Waals surface area contributed by atoms with Crippen LogP contribution < -0.4 is 0 Å². The van der Waals surface area contributed by atoms with Gasteiger partial charge in [0.2, 0.25) is 0 Å². The molecule has 9 rings (SSSR count). The second-order valence-corrected chi connectivity index (χ2v) is 12.3. The predicted molar refractivity (Wildman–Crippen MR) is 202 cm³/mol. The van der Waals surface area contributed by atoms with Gasteiger partial charge >= 0.3 is 0 Å². The second kappa shape index (κ2) is 11.4. The first-order valence-corrected chi connectivity index (χ1v) is 16.2. The van der Waals surface area contributed by atoms with Gasteiger partial charge in [-0.1, -0.05) is 78.9 Å². The summed E-state index contributed by atoms with van der Waals surface area (Å²) < 4.78 is 4.48. The lowest BCUT2D eigenvalue weighted by Crippen LogP contribution is -1.97. The highest BCUT2D eigenvalue weighted by atomic mass is 15.0. The SMILES string of the molecule is [C-]#[N+]c1ccc(-c2cccc(-c3cccc(-n4c5ccc(C#N)cc5c5cc(C#N)ccc54)c3)c2)c(-n2c3ccccc3c3ccccc32)c1. The molecule has 0 saturated heterocycles. The molecule has 0 radical (unpaired) electrons. The number of para-hydroxylation sites is 2. The Morgan fingerprint density at radius 2 is 1.02 bits per heavy atom. The summed E-state index contributed by atoms with van der Waals surface area (Å²) in [5, 5.41) is 23.5. The Balaban J connectivity index is 1.21. The highest BCUT2D eigenvalue weighted by molar-refractivity contribution is 6.11. The lowest BCUT2D eigenvalue weighted by Gasteiger charge is -2.16. The molecule has 5 nitrogen and oxygen atoms in total. The third kappa shape index (κ3) is 4.45. The molecule has 50 heavy (non-hydrogen) atoms. The average molecular weight is 636 g/mol. The van der Waals surface area contributed by atoms with Gasteiger partial charge < -0.3 is 9.13 Å². The van der Waals surface area contributed by atoms with Crippen molar-refractivity contribution in [2.75, 3.05) is 0 Å². The highest BCUT2D eigenvalue weighted by Crippen LogP contribution is 2.39. The number of aromatic nitrogens is 2. The first-order valence-electron chi connectivity index (χ1n) is 16.2. The zero-order valence-electron chi connectivity index (χ0n) is 26.7. The van der Waals surface area contributed by atoms with E-state index in [1.165, 1.54) is 10.8 Å². The number of hydrogen-bond donors (Lipinski definition) is 0. The molecule has 0 bridgehead atoms. The molecule has 230 valence electrons. The predicted octanol–water partition coefficient (Wildman–Crippen LogP) is 11.5. The van der Waals surface area contributed by atoms with Gasteiger partial charge in [-0.2, -0.15) is 10.5 Å². The number of rotatable bonds is 4. The summed E-state index contributed by atoms with van der Waals surface area (Å²) in [6.07, 6.45) is 0. The van der Waals surface area contributed by atoms with Gasteiger partial charge in [0.1, 0.15) is 0 Å². The first kappa shape index (κ1) is 28.8. The van der Waals surface area contributed by atoms with Crippen LogP contribution in [0.2, 0.25) is 0 Å². The zero-order valence-corrected chi connectivity index (χ0v) is 26.7. The van der Waals surface area contributed by atoms with Gasteiger partial charge in [-0.15, -0.1) is 0 Å². The number of hydrogen-bond acceptors (Lipinski definition) is 2. The smallest absolute Gasteiger partial charge is 0.189 e. The van der Waals surface area contributed by atoms with Crippen LogP contribution in [0.4, 0.5) is 5.69 Å². The summed E-state index contributed by atoms with van der Waals surface area (Å²) in [6.45, 7) is 7.82. The highest BCUT2D eigenvalue weighted by Gasteiger charge is 2.18. The minimum absolute atomic E-state index is 0.578. The van der Waals surface area contributed by atoms with Crippen LogP contribution in [0, 0.1) is 29.2 Å². The van der Waals surface area contributed by atoms with Crippen molar-refractivity contribution in [3.8, 4) is 45.8 Å². The topological polar surface area (TPSA) is 61.8 Å². The number of nitrogens with zero attached hydrogens (tertiary/aromatic N) is 5. The minimum Gasteiger partial charge on any atom is -0.310 e. The normalized spacial score (nSPS) is 11.1. The summed E-state index contributed by atoms with van der Waals surface area (Å²) in [6, 6.07) is 55.8. The fourth-order valence-electron chi connectivity index (χ4n) is 7.33. The van der Waals surface area contributed by atoms with Gasteiger partial charge in [-0.25, -0.2) is 4.85 Å². The van der Waals surface area contributed by atoms with E-state index in [2.05, 4.69) is 129 Å². The van der Waals surface area contributed by atoms with E-state index in [1.54, 1.807) is 0 Å². The molecule has 0 N–H and O–H groups in total. The van der Waals surface area contributed by atoms with Crippen molar-refractivity contribution in [2.24, 2.45) is 0 Å². The number of fused-ring (bicyclic) bond motifs is 6. The molecular formula is C45H25N5. The molecular weight excluding hydrogens is 611 g/mol. The van der Waals surface area contributed by atoms with Crippen LogP contribution >= 0.6 is 0 Å². The third-order valence-electron chi connectivity index (χ3n) is 9.57. The third-order valence-corrected chi connectivity index (χ3v) is 9.57. The van der Waals surface area contributed by atoms with Gasteiger partial charge in [0.05, 0.1) is 51.9 Å². The van der Waals surface area contributed by atoms with Crippen molar-refractivity contribution in [1.82, 2.24) is 9.13 Å².